The summed E-state index contributed by atoms with van der Waals surface area (Å²) in [6.07, 6.45) is 0. The average molecular weight is 373 g/mol. The SMILES string of the molecule is CN1C(=O)c2cccc3c(S(=O)(=O)Nc4cccc(Cl)c4)ccc1c23. The molecule has 1 aliphatic heterocycles. The summed E-state index contributed by atoms with van der Waals surface area (Å²) in [4.78, 5) is 14.0. The maximum absolute atomic E-state index is 12.9. The van der Waals surface area contributed by atoms with Crippen LogP contribution < -0.4 is 9.62 Å². The minimum Gasteiger partial charge on any atom is -0.311 e. The first-order valence-electron chi connectivity index (χ1n) is 7.51. The molecule has 126 valence electrons. The third-order valence-corrected chi connectivity index (χ3v) is 5.92. The summed E-state index contributed by atoms with van der Waals surface area (Å²) in [5, 5.41) is 1.61. The molecule has 7 heteroatoms. The number of rotatable bonds is 3. The van der Waals surface area contributed by atoms with Crippen LogP contribution in [0.15, 0.2) is 59.5 Å². The fourth-order valence-corrected chi connectivity index (χ4v) is 4.55. The van der Waals surface area contributed by atoms with Crippen molar-refractivity contribution in [1.82, 2.24) is 0 Å². The lowest BCUT2D eigenvalue weighted by molar-refractivity contribution is 0.0999. The summed E-state index contributed by atoms with van der Waals surface area (Å²) in [6.45, 7) is 0. The molecule has 0 atom stereocenters. The molecule has 0 aromatic heterocycles. The largest absolute Gasteiger partial charge is 0.311 e. The highest BCUT2D eigenvalue weighted by atomic mass is 35.5. The highest BCUT2D eigenvalue weighted by Crippen LogP contribution is 2.39. The molecule has 1 heterocycles. The van der Waals surface area contributed by atoms with Crippen LogP contribution in [0.25, 0.3) is 10.8 Å². The summed E-state index contributed by atoms with van der Waals surface area (Å²) >= 11 is 5.92. The smallest absolute Gasteiger partial charge is 0.262 e. The van der Waals surface area contributed by atoms with Crippen LogP contribution in [-0.2, 0) is 10.0 Å². The van der Waals surface area contributed by atoms with Gasteiger partial charge in [0.2, 0.25) is 0 Å². The molecule has 1 N–H and O–H groups in total. The Balaban J connectivity index is 1.89. The van der Waals surface area contributed by atoms with Crippen LogP contribution in [0.1, 0.15) is 10.4 Å². The Bertz CT molecular complexity index is 1140. The molecule has 1 aliphatic rings. The van der Waals surface area contributed by atoms with Gasteiger partial charge in [0.1, 0.15) is 0 Å². The first kappa shape index (κ1) is 15.9. The van der Waals surface area contributed by atoms with Gasteiger partial charge < -0.3 is 4.90 Å². The number of benzene rings is 3. The molecule has 0 bridgehead atoms. The van der Waals surface area contributed by atoms with Crippen LogP contribution in [0.3, 0.4) is 0 Å². The van der Waals surface area contributed by atoms with Crippen molar-refractivity contribution in [3.63, 3.8) is 0 Å². The Kier molecular flexibility index (Phi) is 3.49. The molecule has 0 spiro atoms. The van der Waals surface area contributed by atoms with E-state index >= 15 is 0 Å². The molecule has 4 rings (SSSR count). The van der Waals surface area contributed by atoms with Gasteiger partial charge in [0.05, 0.1) is 16.3 Å². The molecular weight excluding hydrogens is 360 g/mol. The van der Waals surface area contributed by atoms with Crippen LogP contribution in [-0.4, -0.2) is 21.4 Å². The second-order valence-corrected chi connectivity index (χ2v) is 7.88. The van der Waals surface area contributed by atoms with E-state index in [2.05, 4.69) is 4.72 Å². The van der Waals surface area contributed by atoms with Crippen molar-refractivity contribution in [2.45, 2.75) is 4.90 Å². The van der Waals surface area contributed by atoms with Gasteiger partial charge in [0, 0.05) is 28.4 Å². The molecule has 0 saturated carbocycles. The number of halogens is 1. The van der Waals surface area contributed by atoms with Gasteiger partial charge in [0.25, 0.3) is 15.9 Å². The van der Waals surface area contributed by atoms with Crippen molar-refractivity contribution in [2.24, 2.45) is 0 Å². The van der Waals surface area contributed by atoms with Crippen molar-refractivity contribution < 1.29 is 13.2 Å². The van der Waals surface area contributed by atoms with E-state index in [0.717, 1.165) is 0 Å². The Morgan fingerprint density at radius 1 is 1.04 bits per heavy atom. The molecule has 25 heavy (non-hydrogen) atoms. The maximum atomic E-state index is 12.9. The molecule has 0 unspecified atom stereocenters. The number of hydrogen-bond acceptors (Lipinski definition) is 3. The fourth-order valence-electron chi connectivity index (χ4n) is 3.11. The summed E-state index contributed by atoms with van der Waals surface area (Å²) in [5.74, 6) is -0.141. The molecule has 0 radical (unpaired) electrons. The third kappa shape index (κ3) is 2.45. The lowest BCUT2D eigenvalue weighted by Crippen LogP contribution is -2.20. The first-order valence-corrected chi connectivity index (χ1v) is 9.37. The van der Waals surface area contributed by atoms with Crippen LogP contribution in [0.2, 0.25) is 5.02 Å². The number of hydrogen-bond donors (Lipinski definition) is 1. The Labute approximate surface area is 149 Å². The van der Waals surface area contributed by atoms with Crippen molar-refractivity contribution >= 4 is 49.7 Å². The van der Waals surface area contributed by atoms with Crippen LogP contribution >= 0.6 is 11.6 Å². The summed E-state index contributed by atoms with van der Waals surface area (Å²) in [6, 6.07) is 14.8. The van der Waals surface area contributed by atoms with E-state index in [9.17, 15) is 13.2 Å². The molecule has 0 saturated heterocycles. The number of nitrogens with one attached hydrogen (secondary N) is 1. The highest BCUT2D eigenvalue weighted by molar-refractivity contribution is 7.93. The molecular formula is C18H13ClN2O3S. The van der Waals surface area contributed by atoms with Crippen LogP contribution in [0.5, 0.6) is 0 Å². The normalized spacial score (nSPS) is 13.5. The van der Waals surface area contributed by atoms with Crippen LogP contribution in [0.4, 0.5) is 11.4 Å². The third-order valence-electron chi connectivity index (χ3n) is 4.24. The number of carbonyl (C=O) groups excluding carboxylic acids is 1. The predicted octanol–water partition coefficient (Wildman–Crippen LogP) is 3.88. The zero-order valence-corrected chi connectivity index (χ0v) is 14.7. The van der Waals surface area contributed by atoms with Gasteiger partial charge in [-0.3, -0.25) is 9.52 Å². The van der Waals surface area contributed by atoms with E-state index in [1.165, 1.54) is 17.0 Å². The minimum absolute atomic E-state index is 0.121. The van der Waals surface area contributed by atoms with Crippen molar-refractivity contribution in [1.29, 1.82) is 0 Å². The lowest BCUT2D eigenvalue weighted by Gasteiger charge is -2.13. The van der Waals surface area contributed by atoms with E-state index in [0.29, 0.717) is 32.7 Å². The summed E-state index contributed by atoms with van der Waals surface area (Å²) in [7, 11) is -2.16. The van der Waals surface area contributed by atoms with Gasteiger partial charge in [-0.1, -0.05) is 29.8 Å². The predicted molar refractivity (Wildman–Crippen MR) is 98.9 cm³/mol. The van der Waals surface area contributed by atoms with Gasteiger partial charge in [-0.15, -0.1) is 0 Å². The summed E-state index contributed by atoms with van der Waals surface area (Å²) in [5.41, 5.74) is 1.59. The maximum Gasteiger partial charge on any atom is 0.262 e. The Morgan fingerprint density at radius 3 is 2.56 bits per heavy atom. The van der Waals surface area contributed by atoms with Crippen molar-refractivity contribution in [2.75, 3.05) is 16.7 Å². The van der Waals surface area contributed by atoms with E-state index in [1.54, 1.807) is 49.5 Å². The number of amides is 1. The standard InChI is InChI=1S/C18H13ClN2O3S/c1-21-15-8-9-16(13-6-3-7-14(17(13)15)18(21)22)25(23,24)20-12-5-2-4-11(19)10-12/h2-10,20H,1H3. The van der Waals surface area contributed by atoms with Gasteiger partial charge in [-0.25, -0.2) is 8.42 Å². The molecule has 0 aliphatic carbocycles. The Morgan fingerprint density at radius 2 is 1.80 bits per heavy atom. The lowest BCUT2D eigenvalue weighted by atomic mass is 10.1. The number of nitrogens with zero attached hydrogens (tertiary/aromatic N) is 1. The van der Waals surface area contributed by atoms with Crippen molar-refractivity contribution in [3.8, 4) is 0 Å². The summed E-state index contributed by atoms with van der Waals surface area (Å²) < 4.78 is 28.3. The quantitative estimate of drug-likeness (QED) is 0.758. The fraction of sp³-hybridized carbons (Fsp3) is 0.0556. The van der Waals surface area contributed by atoms with Crippen molar-refractivity contribution in [3.05, 3.63) is 65.2 Å². The number of carbonyl (C=O) groups is 1. The van der Waals surface area contributed by atoms with E-state index in [1.807, 2.05) is 0 Å². The molecule has 3 aromatic carbocycles. The van der Waals surface area contributed by atoms with E-state index < -0.39 is 10.0 Å². The second-order valence-electron chi connectivity index (χ2n) is 5.79. The van der Waals surface area contributed by atoms with Crippen LogP contribution in [0, 0.1) is 0 Å². The highest BCUT2D eigenvalue weighted by Gasteiger charge is 2.30. The number of sulfonamides is 1. The molecule has 5 nitrogen and oxygen atoms in total. The van der Waals surface area contributed by atoms with E-state index in [-0.39, 0.29) is 10.8 Å². The first-order chi connectivity index (χ1) is 11.9. The zero-order chi connectivity index (χ0) is 17.8. The van der Waals surface area contributed by atoms with Gasteiger partial charge in [-0.05, 0) is 36.4 Å². The molecule has 1 amide bonds. The monoisotopic (exact) mass is 372 g/mol. The zero-order valence-electron chi connectivity index (χ0n) is 13.2. The molecule has 3 aromatic rings. The topological polar surface area (TPSA) is 66.5 Å². The average Bonchev–Trinajstić information content (AvgIpc) is 2.82. The van der Waals surface area contributed by atoms with Gasteiger partial charge >= 0.3 is 0 Å². The second kappa shape index (κ2) is 5.47. The van der Waals surface area contributed by atoms with E-state index in [4.69, 9.17) is 11.6 Å². The Hall–Kier alpha value is -2.57. The number of anilines is 2. The minimum atomic E-state index is -3.84. The van der Waals surface area contributed by atoms with Gasteiger partial charge in [-0.2, -0.15) is 0 Å². The molecule has 0 fully saturated rings. The van der Waals surface area contributed by atoms with Gasteiger partial charge in [0.15, 0.2) is 0 Å².